The number of rotatable bonds is 7. The van der Waals surface area contributed by atoms with Crippen LogP contribution in [0.1, 0.15) is 44.7 Å². The van der Waals surface area contributed by atoms with E-state index < -0.39 is 6.09 Å². The number of fused-ring (bicyclic) bond motifs is 3. The van der Waals surface area contributed by atoms with Gasteiger partial charge in [0.15, 0.2) is 0 Å². The number of hydrogen-bond acceptors (Lipinski definition) is 3. The minimum atomic E-state index is -0.452. The first kappa shape index (κ1) is 21.7. The summed E-state index contributed by atoms with van der Waals surface area (Å²) in [6.45, 7) is 12.6. The van der Waals surface area contributed by atoms with Gasteiger partial charge in [-0.1, -0.05) is 82.0 Å². The fraction of sp³-hybridized carbons (Fsp3) is 0.346. The zero-order valence-corrected chi connectivity index (χ0v) is 18.3. The number of nitrogens with one attached hydrogen (secondary N) is 1. The van der Waals surface area contributed by atoms with Gasteiger partial charge in [0.25, 0.3) is 0 Å². The molecule has 158 valence electrons. The number of hydrogen-bond donors (Lipinski definition) is 1. The van der Waals surface area contributed by atoms with E-state index in [0.29, 0.717) is 12.4 Å². The van der Waals surface area contributed by atoms with Crippen LogP contribution in [0.25, 0.3) is 11.1 Å². The summed E-state index contributed by atoms with van der Waals surface area (Å²) < 4.78 is 11.5. The molecule has 1 N–H and O–H groups in total. The molecule has 1 amide bonds. The lowest BCUT2D eigenvalue weighted by Gasteiger charge is -2.32. The predicted octanol–water partition coefficient (Wildman–Crippen LogP) is 6.05. The van der Waals surface area contributed by atoms with Crippen molar-refractivity contribution in [3.05, 3.63) is 84.1 Å². The highest BCUT2D eigenvalue weighted by atomic mass is 16.5. The normalized spacial score (nSPS) is 14.5. The lowest BCUT2D eigenvalue weighted by atomic mass is 9.85. The van der Waals surface area contributed by atoms with Crippen molar-refractivity contribution in [3.63, 3.8) is 0 Å². The fourth-order valence-electron chi connectivity index (χ4n) is 3.98. The monoisotopic (exact) mass is 405 g/mol. The Balaban J connectivity index is 1.75. The zero-order chi connectivity index (χ0) is 21.7. The molecule has 0 radical (unpaired) electrons. The lowest BCUT2D eigenvalue weighted by Crippen LogP contribution is -2.46. The fourth-order valence-corrected chi connectivity index (χ4v) is 3.98. The summed E-state index contributed by atoms with van der Waals surface area (Å²) in [5.74, 6) is 0.708. The Morgan fingerprint density at radius 3 is 2.13 bits per heavy atom. The van der Waals surface area contributed by atoms with E-state index in [1.54, 1.807) is 12.2 Å². The molecule has 4 heteroatoms. The lowest BCUT2D eigenvalue weighted by molar-refractivity contribution is 0.115. The molecule has 3 rings (SSSR count). The van der Waals surface area contributed by atoms with Crippen molar-refractivity contribution in [2.75, 3.05) is 13.2 Å². The van der Waals surface area contributed by atoms with Crippen LogP contribution in [0.4, 0.5) is 4.79 Å². The number of benzene rings is 2. The van der Waals surface area contributed by atoms with Gasteiger partial charge >= 0.3 is 6.09 Å². The molecule has 0 bridgehead atoms. The van der Waals surface area contributed by atoms with Crippen molar-refractivity contribution in [2.45, 2.75) is 39.7 Å². The first-order valence-corrected chi connectivity index (χ1v) is 10.4. The van der Waals surface area contributed by atoms with E-state index in [2.05, 4.69) is 56.9 Å². The standard InChI is InChI=1S/C26H31NO3/c1-6-12-23(29-7-2)24(26(3,4)5)27-25(28)30-17-22-20-15-10-8-13-18(20)19-14-9-11-16-21(19)22/h6,8-16,22,24H,1,7,17H2,2-5H3,(H,27,28)/b23-12+/t24-/m0/s1. The van der Waals surface area contributed by atoms with Crippen molar-refractivity contribution < 1.29 is 14.3 Å². The van der Waals surface area contributed by atoms with Gasteiger partial charge in [0.2, 0.25) is 0 Å². The summed E-state index contributed by atoms with van der Waals surface area (Å²) in [5.41, 5.74) is 4.56. The van der Waals surface area contributed by atoms with Gasteiger partial charge in [-0.15, -0.1) is 0 Å². The molecule has 30 heavy (non-hydrogen) atoms. The highest BCUT2D eigenvalue weighted by molar-refractivity contribution is 5.79. The van der Waals surface area contributed by atoms with Crippen molar-refractivity contribution >= 4 is 6.09 Å². The van der Waals surface area contributed by atoms with Crippen LogP contribution in [-0.2, 0) is 9.47 Å². The van der Waals surface area contributed by atoms with Crippen molar-refractivity contribution in [3.8, 4) is 11.1 Å². The Morgan fingerprint density at radius 2 is 1.63 bits per heavy atom. The zero-order valence-electron chi connectivity index (χ0n) is 18.3. The second kappa shape index (κ2) is 9.21. The van der Waals surface area contributed by atoms with E-state index in [0.717, 1.165) is 0 Å². The van der Waals surface area contributed by atoms with Crippen LogP contribution in [0.15, 0.2) is 73.0 Å². The third-order valence-electron chi connectivity index (χ3n) is 5.35. The third kappa shape index (κ3) is 4.59. The highest BCUT2D eigenvalue weighted by Crippen LogP contribution is 2.44. The SMILES string of the molecule is C=C/C=C(/OCC)[C@H](NC(=O)OCC1c2ccccc2-c2ccccc21)C(C)(C)C. The second-order valence-electron chi connectivity index (χ2n) is 8.51. The average Bonchev–Trinajstić information content (AvgIpc) is 3.03. The summed E-state index contributed by atoms with van der Waals surface area (Å²) in [6, 6.07) is 16.3. The largest absolute Gasteiger partial charge is 0.496 e. The summed E-state index contributed by atoms with van der Waals surface area (Å²) in [7, 11) is 0. The molecule has 2 aromatic rings. The summed E-state index contributed by atoms with van der Waals surface area (Å²) >= 11 is 0. The summed E-state index contributed by atoms with van der Waals surface area (Å²) in [5, 5.41) is 3.00. The highest BCUT2D eigenvalue weighted by Gasteiger charge is 2.33. The predicted molar refractivity (Wildman–Crippen MR) is 121 cm³/mol. The Bertz CT molecular complexity index is 894. The van der Waals surface area contributed by atoms with Gasteiger partial charge in [-0.3, -0.25) is 0 Å². The van der Waals surface area contributed by atoms with Gasteiger partial charge in [0.05, 0.1) is 12.6 Å². The topological polar surface area (TPSA) is 47.6 Å². The molecule has 0 saturated carbocycles. The van der Waals surface area contributed by atoms with E-state index >= 15 is 0 Å². The molecule has 0 saturated heterocycles. The number of ether oxygens (including phenoxy) is 2. The second-order valence-corrected chi connectivity index (χ2v) is 8.51. The maximum absolute atomic E-state index is 12.8. The van der Waals surface area contributed by atoms with Crippen LogP contribution in [0.2, 0.25) is 0 Å². The maximum Gasteiger partial charge on any atom is 0.407 e. The Kier molecular flexibility index (Phi) is 6.66. The van der Waals surface area contributed by atoms with E-state index in [1.807, 2.05) is 31.2 Å². The van der Waals surface area contributed by atoms with E-state index in [-0.39, 0.29) is 24.0 Å². The number of allylic oxidation sites excluding steroid dienone is 2. The van der Waals surface area contributed by atoms with Crippen LogP contribution in [0.5, 0.6) is 0 Å². The van der Waals surface area contributed by atoms with Crippen LogP contribution in [0.3, 0.4) is 0 Å². The molecule has 1 aliphatic rings. The Hall–Kier alpha value is -3.01. The molecule has 0 spiro atoms. The molecule has 1 aliphatic carbocycles. The van der Waals surface area contributed by atoms with Crippen molar-refractivity contribution in [1.82, 2.24) is 5.32 Å². The number of amides is 1. The van der Waals surface area contributed by atoms with E-state index in [1.165, 1.54) is 22.3 Å². The summed E-state index contributed by atoms with van der Waals surface area (Å²) in [6.07, 6.45) is 3.01. The smallest absolute Gasteiger partial charge is 0.407 e. The molecule has 2 aromatic carbocycles. The quantitative estimate of drug-likeness (QED) is 0.451. The minimum absolute atomic E-state index is 0.0336. The Morgan fingerprint density at radius 1 is 1.07 bits per heavy atom. The van der Waals surface area contributed by atoms with Crippen molar-refractivity contribution in [1.29, 1.82) is 0 Å². The molecule has 4 nitrogen and oxygen atoms in total. The van der Waals surface area contributed by atoms with Crippen LogP contribution >= 0.6 is 0 Å². The van der Waals surface area contributed by atoms with Gasteiger partial charge in [-0.25, -0.2) is 4.79 Å². The third-order valence-corrected chi connectivity index (χ3v) is 5.35. The molecule has 0 fully saturated rings. The first-order chi connectivity index (χ1) is 14.4. The molecule has 0 heterocycles. The maximum atomic E-state index is 12.8. The molecule has 1 atom stereocenters. The van der Waals surface area contributed by atoms with E-state index in [4.69, 9.17) is 9.47 Å². The number of carbonyl (C=O) groups excluding carboxylic acids is 1. The Labute approximate surface area is 179 Å². The molecular weight excluding hydrogens is 374 g/mol. The molecular formula is C26H31NO3. The molecule has 0 unspecified atom stereocenters. The van der Waals surface area contributed by atoms with Crippen molar-refractivity contribution in [2.24, 2.45) is 5.41 Å². The number of carbonyl (C=O) groups is 1. The van der Waals surface area contributed by atoms with Crippen LogP contribution < -0.4 is 5.32 Å². The number of alkyl carbamates (subject to hydrolysis) is 1. The average molecular weight is 406 g/mol. The van der Waals surface area contributed by atoms with Gasteiger partial charge in [-0.2, -0.15) is 0 Å². The van der Waals surface area contributed by atoms with Crippen LogP contribution in [0, 0.1) is 5.41 Å². The molecule has 0 aliphatic heterocycles. The minimum Gasteiger partial charge on any atom is -0.496 e. The first-order valence-electron chi connectivity index (χ1n) is 10.4. The summed E-state index contributed by atoms with van der Waals surface area (Å²) in [4.78, 5) is 12.8. The van der Waals surface area contributed by atoms with Gasteiger partial charge in [-0.05, 0) is 40.7 Å². The van der Waals surface area contributed by atoms with Crippen LogP contribution in [-0.4, -0.2) is 25.3 Å². The van der Waals surface area contributed by atoms with Gasteiger partial charge < -0.3 is 14.8 Å². The van der Waals surface area contributed by atoms with Gasteiger partial charge in [0.1, 0.15) is 12.4 Å². The van der Waals surface area contributed by atoms with Gasteiger partial charge in [0, 0.05) is 5.92 Å². The van der Waals surface area contributed by atoms with E-state index in [9.17, 15) is 4.79 Å². The molecule has 0 aromatic heterocycles.